The highest BCUT2D eigenvalue weighted by Crippen LogP contribution is 2.12. The second-order valence-electron chi connectivity index (χ2n) is 4.54. The van der Waals surface area contributed by atoms with Crippen molar-refractivity contribution in [2.75, 3.05) is 13.2 Å². The predicted molar refractivity (Wildman–Crippen MR) is 76.3 cm³/mol. The molecule has 21 heavy (non-hydrogen) atoms. The van der Waals surface area contributed by atoms with Gasteiger partial charge in [-0.1, -0.05) is 36.9 Å². The Morgan fingerprint density at radius 1 is 1.24 bits per heavy atom. The van der Waals surface area contributed by atoms with Gasteiger partial charge in [0.15, 0.2) is 5.78 Å². The number of hydrogen-bond donors (Lipinski definition) is 4. The third-order valence-corrected chi connectivity index (χ3v) is 3.01. The van der Waals surface area contributed by atoms with E-state index >= 15 is 0 Å². The molecular weight excluding hydrogens is 276 g/mol. The molecule has 0 fully saturated rings. The van der Waals surface area contributed by atoms with Gasteiger partial charge in [-0.25, -0.2) is 0 Å². The van der Waals surface area contributed by atoms with Crippen LogP contribution < -0.4 is 0 Å². The number of hydrogen-bond acceptors (Lipinski definition) is 6. The molecule has 1 aromatic carbocycles. The van der Waals surface area contributed by atoms with Crippen molar-refractivity contribution in [3.05, 3.63) is 42.0 Å². The van der Waals surface area contributed by atoms with Gasteiger partial charge in [-0.3, -0.25) is 4.79 Å². The maximum atomic E-state index is 11.6. The van der Waals surface area contributed by atoms with Crippen molar-refractivity contribution in [1.82, 2.24) is 0 Å². The van der Waals surface area contributed by atoms with Gasteiger partial charge in [-0.15, -0.1) is 0 Å². The highest BCUT2D eigenvalue weighted by Gasteiger charge is 2.32. The lowest BCUT2D eigenvalue weighted by atomic mass is 10.0. The minimum Gasteiger partial charge on any atom is -0.394 e. The van der Waals surface area contributed by atoms with Crippen LogP contribution in [0, 0.1) is 0 Å². The maximum absolute atomic E-state index is 11.6. The SMILES string of the molecule is C=Cc1ccc(CO[C@H](C(=O)CO)[C@H](O)[C@H](O)CO)cc1. The number of Topliss-reactive ketones (excluding diaryl/α,β-unsaturated/α-hetero) is 1. The fourth-order valence-electron chi connectivity index (χ4n) is 1.72. The molecular formula is C15H20O6. The van der Waals surface area contributed by atoms with E-state index in [1.807, 2.05) is 12.1 Å². The summed E-state index contributed by atoms with van der Waals surface area (Å²) in [6.07, 6.45) is -2.85. The first-order valence-corrected chi connectivity index (χ1v) is 6.47. The molecule has 0 radical (unpaired) electrons. The summed E-state index contributed by atoms with van der Waals surface area (Å²) in [5, 5.41) is 36.8. The van der Waals surface area contributed by atoms with E-state index in [1.165, 1.54) is 0 Å². The van der Waals surface area contributed by atoms with Crippen molar-refractivity contribution >= 4 is 11.9 Å². The minimum absolute atomic E-state index is 0.0169. The van der Waals surface area contributed by atoms with Gasteiger partial charge in [0, 0.05) is 0 Å². The average molecular weight is 296 g/mol. The average Bonchev–Trinajstić information content (AvgIpc) is 2.54. The Morgan fingerprint density at radius 3 is 2.33 bits per heavy atom. The van der Waals surface area contributed by atoms with Gasteiger partial charge in [0.1, 0.15) is 24.9 Å². The molecule has 1 aromatic rings. The number of benzene rings is 1. The second-order valence-corrected chi connectivity index (χ2v) is 4.54. The molecule has 0 heterocycles. The molecule has 6 heteroatoms. The van der Waals surface area contributed by atoms with Crippen LogP contribution in [-0.4, -0.2) is 57.7 Å². The summed E-state index contributed by atoms with van der Waals surface area (Å²) in [4.78, 5) is 11.6. The highest BCUT2D eigenvalue weighted by atomic mass is 16.5. The number of ketones is 1. The molecule has 6 nitrogen and oxygen atoms in total. The van der Waals surface area contributed by atoms with E-state index in [9.17, 15) is 15.0 Å². The number of ether oxygens (including phenoxy) is 1. The Morgan fingerprint density at radius 2 is 1.86 bits per heavy atom. The van der Waals surface area contributed by atoms with Crippen molar-refractivity contribution in [3.8, 4) is 0 Å². The quantitative estimate of drug-likeness (QED) is 0.489. The normalized spacial score (nSPS) is 15.2. The zero-order valence-corrected chi connectivity index (χ0v) is 11.6. The highest BCUT2D eigenvalue weighted by molar-refractivity contribution is 5.84. The first-order valence-electron chi connectivity index (χ1n) is 6.47. The summed E-state index contributed by atoms with van der Waals surface area (Å²) in [5.41, 5.74) is 1.68. The van der Waals surface area contributed by atoms with Crippen LogP contribution in [0.25, 0.3) is 6.08 Å². The molecule has 1 rings (SSSR count). The van der Waals surface area contributed by atoms with Gasteiger partial charge in [0.2, 0.25) is 0 Å². The van der Waals surface area contributed by atoms with Crippen LogP contribution in [0.5, 0.6) is 0 Å². The third-order valence-electron chi connectivity index (χ3n) is 3.01. The Kier molecular flexibility index (Phi) is 7.21. The number of carbonyl (C=O) groups excluding carboxylic acids is 1. The van der Waals surface area contributed by atoms with E-state index in [2.05, 4.69) is 6.58 Å². The van der Waals surface area contributed by atoms with E-state index in [-0.39, 0.29) is 6.61 Å². The van der Waals surface area contributed by atoms with Crippen LogP contribution >= 0.6 is 0 Å². The van der Waals surface area contributed by atoms with E-state index in [4.69, 9.17) is 14.9 Å². The summed E-state index contributed by atoms with van der Waals surface area (Å²) in [6.45, 7) is 2.11. The fourth-order valence-corrected chi connectivity index (χ4v) is 1.72. The molecule has 0 spiro atoms. The number of rotatable bonds is 9. The lowest BCUT2D eigenvalue weighted by Gasteiger charge is -2.24. The second kappa shape index (κ2) is 8.66. The van der Waals surface area contributed by atoms with Crippen LogP contribution in [0.2, 0.25) is 0 Å². The molecule has 0 aromatic heterocycles. The topological polar surface area (TPSA) is 107 Å². The first-order chi connectivity index (χ1) is 10.0. The molecule has 0 aliphatic carbocycles. The standard InChI is InChI=1S/C15H20O6/c1-2-10-3-5-11(6-4-10)9-21-15(13(19)8-17)14(20)12(18)7-16/h2-6,12,14-18,20H,1,7-9H2/t12-,14-,15-/m1/s1. The summed E-state index contributed by atoms with van der Waals surface area (Å²) in [7, 11) is 0. The van der Waals surface area contributed by atoms with Crippen molar-refractivity contribution in [2.24, 2.45) is 0 Å². The predicted octanol–water partition coefficient (Wildman–Crippen LogP) is -0.510. The molecule has 116 valence electrons. The molecule has 4 N–H and O–H groups in total. The van der Waals surface area contributed by atoms with Gasteiger partial charge >= 0.3 is 0 Å². The molecule has 0 amide bonds. The Balaban J connectivity index is 2.72. The summed E-state index contributed by atoms with van der Waals surface area (Å²) in [6, 6.07) is 7.17. The van der Waals surface area contributed by atoms with Gasteiger partial charge in [-0.2, -0.15) is 0 Å². The zero-order valence-electron chi connectivity index (χ0n) is 11.6. The summed E-state index contributed by atoms with van der Waals surface area (Å²) >= 11 is 0. The number of carbonyl (C=O) groups is 1. The third kappa shape index (κ3) is 5.04. The lowest BCUT2D eigenvalue weighted by Crippen LogP contribution is -2.46. The Labute approximate surface area is 122 Å². The van der Waals surface area contributed by atoms with E-state index in [1.54, 1.807) is 18.2 Å². The monoisotopic (exact) mass is 296 g/mol. The molecule has 0 saturated carbocycles. The number of aliphatic hydroxyl groups excluding tert-OH is 4. The molecule has 0 saturated heterocycles. The summed E-state index contributed by atoms with van der Waals surface area (Å²) in [5.74, 6) is -0.766. The van der Waals surface area contributed by atoms with Crippen LogP contribution in [0.4, 0.5) is 0 Å². The van der Waals surface area contributed by atoms with Crippen LogP contribution in [0.3, 0.4) is 0 Å². The van der Waals surface area contributed by atoms with E-state index < -0.39 is 37.3 Å². The van der Waals surface area contributed by atoms with Crippen molar-refractivity contribution in [3.63, 3.8) is 0 Å². The summed E-state index contributed by atoms with van der Waals surface area (Å²) < 4.78 is 5.28. The largest absolute Gasteiger partial charge is 0.394 e. The Hall–Kier alpha value is -1.57. The van der Waals surface area contributed by atoms with Gasteiger partial charge in [0.25, 0.3) is 0 Å². The molecule has 3 atom stereocenters. The first kappa shape index (κ1) is 17.5. The van der Waals surface area contributed by atoms with Crippen molar-refractivity contribution in [1.29, 1.82) is 0 Å². The van der Waals surface area contributed by atoms with Gasteiger partial charge < -0.3 is 25.2 Å². The fraction of sp³-hybridized carbons (Fsp3) is 0.400. The van der Waals surface area contributed by atoms with Crippen LogP contribution in [-0.2, 0) is 16.1 Å². The molecule has 0 aliphatic heterocycles. The molecule has 0 bridgehead atoms. The zero-order chi connectivity index (χ0) is 15.8. The van der Waals surface area contributed by atoms with Crippen LogP contribution in [0.15, 0.2) is 30.8 Å². The van der Waals surface area contributed by atoms with E-state index in [0.29, 0.717) is 0 Å². The van der Waals surface area contributed by atoms with Crippen molar-refractivity contribution in [2.45, 2.75) is 24.9 Å². The minimum atomic E-state index is -1.61. The van der Waals surface area contributed by atoms with E-state index in [0.717, 1.165) is 11.1 Å². The van der Waals surface area contributed by atoms with Gasteiger partial charge in [0.05, 0.1) is 13.2 Å². The van der Waals surface area contributed by atoms with Gasteiger partial charge in [-0.05, 0) is 11.1 Å². The maximum Gasteiger partial charge on any atom is 0.189 e. The lowest BCUT2D eigenvalue weighted by molar-refractivity contribution is -0.152. The Bertz CT molecular complexity index is 456. The number of aliphatic hydroxyl groups is 4. The van der Waals surface area contributed by atoms with Crippen LogP contribution in [0.1, 0.15) is 11.1 Å². The smallest absolute Gasteiger partial charge is 0.189 e. The van der Waals surface area contributed by atoms with Crippen molar-refractivity contribution < 1.29 is 30.0 Å². The molecule has 0 unspecified atom stereocenters. The molecule has 0 aliphatic rings.